The van der Waals surface area contributed by atoms with E-state index in [1.807, 2.05) is 0 Å². The van der Waals surface area contributed by atoms with Gasteiger partial charge in [-0.3, -0.25) is 4.79 Å². The summed E-state index contributed by atoms with van der Waals surface area (Å²) >= 11 is 0. The third-order valence-electron chi connectivity index (χ3n) is 0.922. The molecular formula is C5H7F3O3. The Labute approximate surface area is 61.1 Å². The largest absolute Gasteiger partial charge is 0.455 e. The van der Waals surface area contributed by atoms with Crippen LogP contribution in [0.2, 0.25) is 0 Å². The van der Waals surface area contributed by atoms with Crippen molar-refractivity contribution in [2.24, 2.45) is 0 Å². The van der Waals surface area contributed by atoms with Gasteiger partial charge in [-0.05, 0) is 0 Å². The molecule has 3 nitrogen and oxygen atoms in total. The fourth-order valence-electron chi connectivity index (χ4n) is 0.444. The van der Waals surface area contributed by atoms with Gasteiger partial charge in [0, 0.05) is 14.2 Å². The minimum absolute atomic E-state index is 0.956. The predicted molar refractivity (Wildman–Crippen MR) is 28.9 cm³/mol. The maximum absolute atomic E-state index is 11.6. The molecule has 66 valence electrons. The monoisotopic (exact) mass is 172 g/mol. The highest BCUT2D eigenvalue weighted by Crippen LogP contribution is 2.19. The lowest BCUT2D eigenvalue weighted by atomic mass is 10.4. The second kappa shape index (κ2) is 3.68. The first-order valence-corrected chi connectivity index (χ1v) is 2.60. The predicted octanol–water partition coefficient (Wildman–Crippen LogP) is 0.737. The second-order valence-corrected chi connectivity index (χ2v) is 1.67. The van der Waals surface area contributed by atoms with Gasteiger partial charge >= 0.3 is 6.18 Å². The molecule has 0 bridgehead atoms. The number of carbonyl (C=O) groups excluding carboxylic acids is 1. The zero-order valence-electron chi connectivity index (χ0n) is 5.94. The van der Waals surface area contributed by atoms with Gasteiger partial charge in [-0.15, -0.1) is 0 Å². The molecule has 0 saturated heterocycles. The van der Waals surface area contributed by atoms with Crippen molar-refractivity contribution < 1.29 is 27.4 Å². The molecule has 0 N–H and O–H groups in total. The van der Waals surface area contributed by atoms with Crippen LogP contribution in [-0.4, -0.2) is 32.5 Å². The number of Topliss-reactive ketones (excluding diaryl/α,β-unsaturated/α-hetero) is 1. The van der Waals surface area contributed by atoms with E-state index in [-0.39, 0.29) is 0 Å². The van der Waals surface area contributed by atoms with E-state index in [1.165, 1.54) is 0 Å². The van der Waals surface area contributed by atoms with Crippen molar-refractivity contribution in [3.63, 3.8) is 0 Å². The maximum Gasteiger partial charge on any atom is 0.455 e. The standard InChI is InChI=1S/C5H7F3O3/c1-10-4(11-2)3(9)5(6,7)8/h4H,1-2H3. The van der Waals surface area contributed by atoms with Crippen molar-refractivity contribution in [3.05, 3.63) is 0 Å². The first-order valence-electron chi connectivity index (χ1n) is 2.60. The van der Waals surface area contributed by atoms with E-state index in [9.17, 15) is 18.0 Å². The molecule has 0 atom stereocenters. The number of hydrogen-bond acceptors (Lipinski definition) is 3. The molecule has 0 amide bonds. The van der Waals surface area contributed by atoms with Crippen LogP contribution in [0.5, 0.6) is 0 Å². The summed E-state index contributed by atoms with van der Waals surface area (Å²) in [6, 6.07) is 0. The molecule has 0 aromatic carbocycles. The van der Waals surface area contributed by atoms with E-state index in [2.05, 4.69) is 9.47 Å². The summed E-state index contributed by atoms with van der Waals surface area (Å²) in [5.74, 6) is -2.04. The van der Waals surface area contributed by atoms with Crippen LogP contribution in [0.3, 0.4) is 0 Å². The molecule has 0 fully saturated rings. The first-order chi connectivity index (χ1) is 4.93. The number of hydrogen-bond donors (Lipinski definition) is 0. The van der Waals surface area contributed by atoms with Gasteiger partial charge in [-0.2, -0.15) is 13.2 Å². The number of ketones is 1. The highest BCUT2D eigenvalue weighted by molar-refractivity contribution is 5.87. The third kappa shape index (κ3) is 2.85. The van der Waals surface area contributed by atoms with E-state index in [1.54, 1.807) is 0 Å². The third-order valence-corrected chi connectivity index (χ3v) is 0.922. The highest BCUT2D eigenvalue weighted by Gasteiger charge is 2.44. The van der Waals surface area contributed by atoms with Crippen molar-refractivity contribution in [2.75, 3.05) is 14.2 Å². The van der Waals surface area contributed by atoms with Crippen molar-refractivity contribution in [3.8, 4) is 0 Å². The van der Waals surface area contributed by atoms with Gasteiger partial charge in [-0.1, -0.05) is 0 Å². The summed E-state index contributed by atoms with van der Waals surface area (Å²) in [7, 11) is 1.91. The molecule has 6 heteroatoms. The number of carbonyl (C=O) groups is 1. The van der Waals surface area contributed by atoms with Gasteiger partial charge in [-0.25, -0.2) is 0 Å². The summed E-state index contributed by atoms with van der Waals surface area (Å²) in [5, 5.41) is 0. The van der Waals surface area contributed by atoms with Crippen LogP contribution in [0, 0.1) is 0 Å². The smallest absolute Gasteiger partial charge is 0.349 e. The number of alkyl halides is 3. The lowest BCUT2D eigenvalue weighted by Crippen LogP contribution is -2.36. The first kappa shape index (κ1) is 10.4. The molecule has 0 aromatic rings. The van der Waals surface area contributed by atoms with E-state index in [0.29, 0.717) is 0 Å². The normalized spacial score (nSPS) is 12.2. The van der Waals surface area contributed by atoms with E-state index in [0.717, 1.165) is 14.2 Å². The number of methoxy groups -OCH3 is 2. The summed E-state index contributed by atoms with van der Waals surface area (Å²) in [4.78, 5) is 10.3. The average Bonchev–Trinajstić information content (AvgIpc) is 1.88. The molecule has 0 aromatic heterocycles. The molecule has 0 heterocycles. The summed E-state index contributed by atoms with van der Waals surface area (Å²) in [5.41, 5.74) is 0. The number of halogens is 3. The zero-order valence-corrected chi connectivity index (χ0v) is 5.94. The van der Waals surface area contributed by atoms with Crippen LogP contribution in [0.4, 0.5) is 13.2 Å². The minimum Gasteiger partial charge on any atom is -0.349 e. The fraction of sp³-hybridized carbons (Fsp3) is 0.800. The van der Waals surface area contributed by atoms with Gasteiger partial charge in [0.2, 0.25) is 6.29 Å². The Balaban J connectivity index is 4.22. The maximum atomic E-state index is 11.6. The Bertz CT molecular complexity index is 138. The van der Waals surface area contributed by atoms with Gasteiger partial charge in [0.1, 0.15) is 0 Å². The fourth-order valence-corrected chi connectivity index (χ4v) is 0.444. The molecular weight excluding hydrogens is 165 g/mol. The summed E-state index contributed by atoms with van der Waals surface area (Å²) in [6.07, 6.45) is -6.76. The van der Waals surface area contributed by atoms with Gasteiger partial charge in [0.15, 0.2) is 0 Å². The van der Waals surface area contributed by atoms with Crippen LogP contribution < -0.4 is 0 Å². The second-order valence-electron chi connectivity index (χ2n) is 1.67. The van der Waals surface area contributed by atoms with E-state index < -0.39 is 18.2 Å². The molecule has 0 aliphatic rings. The zero-order chi connectivity index (χ0) is 9.07. The molecule has 0 aliphatic carbocycles. The van der Waals surface area contributed by atoms with Gasteiger partial charge in [0.25, 0.3) is 5.78 Å². The molecule has 0 radical (unpaired) electrons. The number of ether oxygens (including phenoxy) is 2. The van der Waals surface area contributed by atoms with Crippen molar-refractivity contribution in [1.29, 1.82) is 0 Å². The van der Waals surface area contributed by atoms with E-state index >= 15 is 0 Å². The average molecular weight is 172 g/mol. The molecule has 0 unspecified atom stereocenters. The molecule has 11 heavy (non-hydrogen) atoms. The molecule has 0 saturated carbocycles. The Morgan fingerprint density at radius 2 is 1.64 bits per heavy atom. The summed E-state index contributed by atoms with van der Waals surface area (Å²) in [6.45, 7) is 0. The Kier molecular flexibility index (Phi) is 3.47. The van der Waals surface area contributed by atoms with Crippen LogP contribution in [0.1, 0.15) is 0 Å². The van der Waals surface area contributed by atoms with Crippen LogP contribution >= 0.6 is 0 Å². The Morgan fingerprint density at radius 1 is 1.27 bits per heavy atom. The molecule has 0 rings (SSSR count). The minimum atomic E-state index is -4.91. The topological polar surface area (TPSA) is 35.5 Å². The quantitative estimate of drug-likeness (QED) is 0.589. The van der Waals surface area contributed by atoms with Gasteiger partial charge < -0.3 is 9.47 Å². The van der Waals surface area contributed by atoms with E-state index in [4.69, 9.17) is 0 Å². The van der Waals surface area contributed by atoms with Crippen molar-refractivity contribution >= 4 is 5.78 Å². The SMILES string of the molecule is COC(OC)C(=O)C(F)(F)F. The van der Waals surface area contributed by atoms with Crippen molar-refractivity contribution in [2.45, 2.75) is 12.5 Å². The Morgan fingerprint density at radius 3 is 1.73 bits per heavy atom. The molecule has 0 spiro atoms. The number of rotatable bonds is 3. The molecule has 0 aliphatic heterocycles. The van der Waals surface area contributed by atoms with Gasteiger partial charge in [0.05, 0.1) is 0 Å². The lowest BCUT2D eigenvalue weighted by molar-refractivity contribution is -0.203. The highest BCUT2D eigenvalue weighted by atomic mass is 19.4. The van der Waals surface area contributed by atoms with Crippen LogP contribution in [0.15, 0.2) is 0 Å². The van der Waals surface area contributed by atoms with Crippen LogP contribution in [-0.2, 0) is 14.3 Å². The Hall–Kier alpha value is -0.620. The van der Waals surface area contributed by atoms with Crippen molar-refractivity contribution in [1.82, 2.24) is 0 Å². The lowest BCUT2D eigenvalue weighted by Gasteiger charge is -2.13. The summed E-state index contributed by atoms with van der Waals surface area (Å²) < 4.78 is 42.9. The van der Waals surface area contributed by atoms with Crippen LogP contribution in [0.25, 0.3) is 0 Å².